The van der Waals surface area contributed by atoms with Crippen molar-refractivity contribution in [2.75, 3.05) is 5.32 Å². The number of halogens is 1. The molecule has 2 heterocycles. The van der Waals surface area contributed by atoms with Crippen LogP contribution in [0.4, 0.5) is 15.9 Å². The first kappa shape index (κ1) is 19.7. The van der Waals surface area contributed by atoms with E-state index in [-0.39, 0.29) is 28.7 Å². The highest BCUT2D eigenvalue weighted by atomic mass is 19.1. The highest BCUT2D eigenvalue weighted by Crippen LogP contribution is 2.26. The van der Waals surface area contributed by atoms with Gasteiger partial charge in [-0.3, -0.25) is 14.9 Å². The molecule has 0 aliphatic carbocycles. The topological polar surface area (TPSA) is 123 Å². The predicted molar refractivity (Wildman–Crippen MR) is 111 cm³/mol. The molecule has 2 aromatic heterocycles. The summed E-state index contributed by atoms with van der Waals surface area (Å²) in [5.41, 5.74) is 1.51. The first-order valence-corrected chi connectivity index (χ1v) is 8.98. The molecule has 0 spiro atoms. The van der Waals surface area contributed by atoms with E-state index < -0.39 is 10.8 Å². The Bertz CT molecular complexity index is 1310. The highest BCUT2D eigenvalue weighted by Gasteiger charge is 2.16. The number of hydrogen-bond acceptors (Lipinski definition) is 6. The molecule has 31 heavy (non-hydrogen) atoms. The lowest BCUT2D eigenvalue weighted by atomic mass is 10.2. The molecule has 154 valence electrons. The molecule has 4 rings (SSSR count). The van der Waals surface area contributed by atoms with Crippen LogP contribution in [0.2, 0.25) is 0 Å². The molecule has 4 aromatic rings. The Kier molecular flexibility index (Phi) is 5.10. The predicted octanol–water partition coefficient (Wildman–Crippen LogP) is 4.03. The number of fused-ring (bicyclic) bond motifs is 1. The van der Waals surface area contributed by atoms with Gasteiger partial charge in [-0.05, 0) is 42.0 Å². The molecule has 2 aromatic carbocycles. The van der Waals surface area contributed by atoms with Crippen molar-refractivity contribution in [3.63, 3.8) is 0 Å². The van der Waals surface area contributed by atoms with Crippen LogP contribution in [0.1, 0.15) is 5.56 Å². The van der Waals surface area contributed by atoms with Crippen LogP contribution < -0.4 is 5.32 Å². The number of nitrogens with zero attached hydrogens (tertiary/aromatic N) is 4. The highest BCUT2D eigenvalue weighted by molar-refractivity contribution is 6.01. The molecule has 10 heteroatoms. The Morgan fingerprint density at radius 3 is 2.61 bits per heavy atom. The Morgan fingerprint density at radius 1 is 1.16 bits per heavy atom. The summed E-state index contributed by atoms with van der Waals surface area (Å²) in [6, 6.07) is 12.8. The minimum absolute atomic E-state index is 0.150. The molecule has 0 aliphatic heterocycles. The third kappa shape index (κ3) is 4.22. The van der Waals surface area contributed by atoms with Crippen molar-refractivity contribution in [1.82, 2.24) is 14.7 Å². The molecule has 2 N–H and O–H groups in total. The molecule has 9 nitrogen and oxygen atoms in total. The lowest BCUT2D eigenvalue weighted by Crippen LogP contribution is -2.09. The van der Waals surface area contributed by atoms with Gasteiger partial charge >= 0.3 is 0 Å². The van der Waals surface area contributed by atoms with Gasteiger partial charge in [-0.15, -0.1) is 0 Å². The average Bonchev–Trinajstić information content (AvgIpc) is 3.10. The lowest BCUT2D eigenvalue weighted by molar-refractivity contribution is -0.384. The molecule has 0 aliphatic rings. The first-order valence-electron chi connectivity index (χ1n) is 8.98. The molecule has 1 amide bonds. The summed E-state index contributed by atoms with van der Waals surface area (Å²) in [5, 5.41) is 23.9. The largest absolute Gasteiger partial charge is 0.426 e. The van der Waals surface area contributed by atoms with Crippen LogP contribution in [0.15, 0.2) is 66.9 Å². The van der Waals surface area contributed by atoms with E-state index in [1.807, 2.05) is 0 Å². The van der Waals surface area contributed by atoms with Gasteiger partial charge in [0.25, 0.3) is 5.69 Å². The van der Waals surface area contributed by atoms with E-state index in [4.69, 9.17) is 0 Å². The van der Waals surface area contributed by atoms with Crippen LogP contribution in [0.5, 0.6) is 0 Å². The third-order valence-electron chi connectivity index (χ3n) is 4.40. The molecule has 0 fully saturated rings. The monoisotopic (exact) mass is 419 g/mol. The number of nitrogens with one attached hydrogen (secondary N) is 1. The van der Waals surface area contributed by atoms with Gasteiger partial charge < -0.3 is 10.5 Å². The van der Waals surface area contributed by atoms with Gasteiger partial charge in [-0.2, -0.15) is 4.73 Å². The number of aromatic nitrogens is 3. The van der Waals surface area contributed by atoms with Crippen molar-refractivity contribution in [3.8, 4) is 11.4 Å². The van der Waals surface area contributed by atoms with Gasteiger partial charge in [-0.1, -0.05) is 12.1 Å². The number of amides is 1. The Hall–Kier alpha value is -4.60. The molecule has 0 radical (unpaired) electrons. The Labute approximate surface area is 174 Å². The number of nitro benzene ring substituents is 1. The second-order valence-corrected chi connectivity index (χ2v) is 6.48. The van der Waals surface area contributed by atoms with E-state index in [0.717, 1.165) is 4.73 Å². The van der Waals surface area contributed by atoms with Crippen molar-refractivity contribution >= 4 is 34.5 Å². The summed E-state index contributed by atoms with van der Waals surface area (Å²) in [7, 11) is 0. The van der Waals surface area contributed by atoms with E-state index in [0.29, 0.717) is 16.6 Å². The van der Waals surface area contributed by atoms with Crippen LogP contribution >= 0.6 is 0 Å². The van der Waals surface area contributed by atoms with Crippen LogP contribution in [-0.4, -0.2) is 30.7 Å². The van der Waals surface area contributed by atoms with E-state index in [1.165, 1.54) is 54.7 Å². The number of pyridine rings is 1. The van der Waals surface area contributed by atoms with Crippen molar-refractivity contribution < 1.29 is 19.3 Å². The van der Waals surface area contributed by atoms with Crippen LogP contribution in [0.3, 0.4) is 0 Å². The number of non-ortho nitro benzene ring substituents is 1. The average molecular weight is 419 g/mol. The fraction of sp³-hybridized carbons (Fsp3) is 0. The first-order chi connectivity index (χ1) is 14.9. The summed E-state index contributed by atoms with van der Waals surface area (Å²) >= 11 is 0. The zero-order chi connectivity index (χ0) is 22.0. The van der Waals surface area contributed by atoms with Gasteiger partial charge in [0.15, 0.2) is 5.82 Å². The maximum Gasteiger partial charge on any atom is 0.271 e. The van der Waals surface area contributed by atoms with Crippen LogP contribution in [0, 0.1) is 15.9 Å². The van der Waals surface area contributed by atoms with Crippen molar-refractivity contribution in [1.29, 1.82) is 0 Å². The van der Waals surface area contributed by atoms with Gasteiger partial charge in [0, 0.05) is 30.0 Å². The molecular weight excluding hydrogens is 405 g/mol. The van der Waals surface area contributed by atoms with Crippen LogP contribution in [0.25, 0.3) is 28.5 Å². The quantitative estimate of drug-likeness (QED) is 0.218. The van der Waals surface area contributed by atoms with E-state index in [2.05, 4.69) is 15.3 Å². The zero-order valence-electron chi connectivity index (χ0n) is 15.8. The Morgan fingerprint density at radius 2 is 1.94 bits per heavy atom. The number of imidazole rings is 1. The van der Waals surface area contributed by atoms with E-state index in [9.17, 15) is 24.5 Å². The molecule has 0 saturated heterocycles. The van der Waals surface area contributed by atoms with Gasteiger partial charge in [0.05, 0.1) is 10.4 Å². The van der Waals surface area contributed by atoms with E-state index in [1.54, 1.807) is 18.2 Å². The summed E-state index contributed by atoms with van der Waals surface area (Å²) < 4.78 is 13.7. The number of nitro groups is 1. The van der Waals surface area contributed by atoms with Gasteiger partial charge in [-0.25, -0.2) is 14.4 Å². The second kappa shape index (κ2) is 8.03. The number of anilines is 1. The molecule has 0 unspecified atom stereocenters. The van der Waals surface area contributed by atoms with Gasteiger partial charge in [0.1, 0.15) is 17.2 Å². The maximum absolute atomic E-state index is 12.9. The molecule has 0 saturated carbocycles. The fourth-order valence-electron chi connectivity index (χ4n) is 2.87. The lowest BCUT2D eigenvalue weighted by Gasteiger charge is -2.04. The van der Waals surface area contributed by atoms with Gasteiger partial charge in [0.2, 0.25) is 5.91 Å². The van der Waals surface area contributed by atoms with Crippen LogP contribution in [-0.2, 0) is 4.79 Å². The summed E-state index contributed by atoms with van der Waals surface area (Å²) in [5.74, 6) is -0.363. The molecular formula is C21H14FN5O4. The SMILES string of the molecule is O=C(C=Cc1ccc(F)cc1)Nc1ccc(-c2nc3ccc([N+](=O)[O-])cc3n2O)cn1. The number of benzene rings is 2. The Balaban J connectivity index is 1.50. The van der Waals surface area contributed by atoms with E-state index >= 15 is 0 Å². The van der Waals surface area contributed by atoms with Crippen molar-refractivity contribution in [3.05, 3.63) is 88.4 Å². The second-order valence-electron chi connectivity index (χ2n) is 6.48. The summed E-state index contributed by atoms with van der Waals surface area (Å²) in [4.78, 5) is 30.8. The smallest absolute Gasteiger partial charge is 0.271 e. The molecule has 0 bridgehead atoms. The number of carbonyl (C=O) groups is 1. The summed E-state index contributed by atoms with van der Waals surface area (Å²) in [6.45, 7) is 0. The number of carbonyl (C=O) groups excluding carboxylic acids is 1. The van der Waals surface area contributed by atoms with Crippen molar-refractivity contribution in [2.45, 2.75) is 0 Å². The standard InChI is InChI=1S/C21H14FN5O4/c22-15-5-1-13(2-6-15)3-10-20(28)25-19-9-4-14(12-23-19)21-24-17-8-7-16(27(30)31)11-18(17)26(21)29/h1-12,29H,(H,23,25,28). The maximum atomic E-state index is 12.9. The normalized spacial score (nSPS) is 11.1. The van der Waals surface area contributed by atoms with Crippen molar-refractivity contribution in [2.24, 2.45) is 0 Å². The minimum atomic E-state index is -0.560. The number of rotatable bonds is 5. The molecule has 0 atom stereocenters. The minimum Gasteiger partial charge on any atom is -0.426 e. The zero-order valence-corrected chi connectivity index (χ0v) is 15.8. The summed E-state index contributed by atoms with van der Waals surface area (Å²) in [6.07, 6.45) is 4.24. The third-order valence-corrected chi connectivity index (χ3v) is 4.40. The number of hydrogen-bond donors (Lipinski definition) is 2. The fourth-order valence-corrected chi connectivity index (χ4v) is 2.87.